The van der Waals surface area contributed by atoms with Crippen LogP contribution in [0.5, 0.6) is 0 Å². The molecule has 0 heterocycles. The van der Waals surface area contributed by atoms with Crippen LogP contribution in [0.2, 0.25) is 0 Å². The van der Waals surface area contributed by atoms with E-state index in [0.717, 1.165) is 25.6 Å². The normalized spacial score (nSPS) is 17.1. The molecule has 0 amide bonds. The topological polar surface area (TPSA) is 21.3 Å². The van der Waals surface area contributed by atoms with Crippen LogP contribution >= 0.6 is 0 Å². The molecule has 1 atom stereocenters. The van der Waals surface area contributed by atoms with Gasteiger partial charge < -0.3 is 10.1 Å². The van der Waals surface area contributed by atoms with Crippen LogP contribution in [0.25, 0.3) is 0 Å². The van der Waals surface area contributed by atoms with E-state index in [2.05, 4.69) is 36.5 Å². The van der Waals surface area contributed by atoms with Gasteiger partial charge in [0.1, 0.15) is 0 Å². The maximum absolute atomic E-state index is 5.21. The van der Waals surface area contributed by atoms with Gasteiger partial charge in [0.15, 0.2) is 0 Å². The van der Waals surface area contributed by atoms with Crippen LogP contribution in [0.4, 0.5) is 0 Å². The lowest BCUT2D eigenvalue weighted by atomic mass is 9.95. The first-order valence-electron chi connectivity index (χ1n) is 6.58. The van der Waals surface area contributed by atoms with Gasteiger partial charge in [0.05, 0.1) is 0 Å². The van der Waals surface area contributed by atoms with E-state index in [1.165, 1.54) is 24.0 Å². The lowest BCUT2D eigenvalue weighted by Crippen LogP contribution is -2.24. The molecule has 1 N–H and O–H groups in total. The molecule has 0 spiro atoms. The number of aryl methyl sites for hydroxylation is 1. The van der Waals surface area contributed by atoms with Crippen LogP contribution in [-0.4, -0.2) is 26.3 Å². The zero-order valence-corrected chi connectivity index (χ0v) is 10.9. The minimum atomic E-state index is 0.580. The molecule has 2 heteroatoms. The molecule has 2 rings (SSSR count). The van der Waals surface area contributed by atoms with Crippen LogP contribution < -0.4 is 5.32 Å². The van der Waals surface area contributed by atoms with E-state index in [1.807, 2.05) is 0 Å². The standard InChI is InChI=1S/C15H23NO/c1-12-3-5-13(6-4-12)14(9-10-17-2)11-16-15-7-8-15/h3-6,14-16H,7-11H2,1-2H3. The fourth-order valence-corrected chi connectivity index (χ4v) is 2.08. The van der Waals surface area contributed by atoms with Gasteiger partial charge in [-0.3, -0.25) is 0 Å². The summed E-state index contributed by atoms with van der Waals surface area (Å²) in [5, 5.41) is 3.62. The predicted octanol–water partition coefficient (Wildman–Crippen LogP) is 2.87. The van der Waals surface area contributed by atoms with E-state index >= 15 is 0 Å². The van der Waals surface area contributed by atoms with Crippen molar-refractivity contribution in [2.75, 3.05) is 20.3 Å². The number of benzene rings is 1. The molecule has 1 saturated carbocycles. The van der Waals surface area contributed by atoms with Crippen LogP contribution in [0.3, 0.4) is 0 Å². The Kier molecular flexibility index (Phi) is 4.57. The summed E-state index contributed by atoms with van der Waals surface area (Å²) in [6.45, 7) is 4.05. The Hall–Kier alpha value is -0.860. The highest BCUT2D eigenvalue weighted by molar-refractivity contribution is 5.24. The molecular weight excluding hydrogens is 210 g/mol. The van der Waals surface area contributed by atoms with E-state index in [1.54, 1.807) is 7.11 Å². The van der Waals surface area contributed by atoms with Gasteiger partial charge in [-0.25, -0.2) is 0 Å². The summed E-state index contributed by atoms with van der Waals surface area (Å²) < 4.78 is 5.21. The molecule has 0 aromatic heterocycles. The Morgan fingerprint density at radius 3 is 2.59 bits per heavy atom. The second-order valence-corrected chi connectivity index (χ2v) is 5.07. The van der Waals surface area contributed by atoms with Crippen molar-refractivity contribution in [3.63, 3.8) is 0 Å². The van der Waals surface area contributed by atoms with Crippen molar-refractivity contribution in [1.82, 2.24) is 5.32 Å². The SMILES string of the molecule is COCCC(CNC1CC1)c1ccc(C)cc1. The zero-order valence-electron chi connectivity index (χ0n) is 10.9. The van der Waals surface area contributed by atoms with Crippen LogP contribution in [-0.2, 0) is 4.74 Å². The maximum Gasteiger partial charge on any atom is 0.0468 e. The Bertz CT molecular complexity index is 329. The molecule has 1 aliphatic rings. The number of ether oxygens (including phenoxy) is 1. The van der Waals surface area contributed by atoms with Crippen molar-refractivity contribution in [2.45, 2.75) is 38.1 Å². The zero-order chi connectivity index (χ0) is 12.1. The van der Waals surface area contributed by atoms with Crippen LogP contribution in [0.15, 0.2) is 24.3 Å². The van der Waals surface area contributed by atoms with Gasteiger partial charge in [-0.15, -0.1) is 0 Å². The van der Waals surface area contributed by atoms with Gasteiger partial charge in [0.25, 0.3) is 0 Å². The monoisotopic (exact) mass is 233 g/mol. The van der Waals surface area contributed by atoms with Crippen LogP contribution in [0.1, 0.15) is 36.3 Å². The van der Waals surface area contributed by atoms with Gasteiger partial charge in [0, 0.05) is 26.3 Å². The highest BCUT2D eigenvalue weighted by Crippen LogP contribution is 2.23. The summed E-state index contributed by atoms with van der Waals surface area (Å²) in [5.74, 6) is 0.580. The van der Waals surface area contributed by atoms with E-state index in [0.29, 0.717) is 5.92 Å². The van der Waals surface area contributed by atoms with E-state index in [4.69, 9.17) is 4.74 Å². The van der Waals surface area contributed by atoms with Crippen molar-refractivity contribution in [2.24, 2.45) is 0 Å². The smallest absolute Gasteiger partial charge is 0.0468 e. The molecule has 1 unspecified atom stereocenters. The van der Waals surface area contributed by atoms with Gasteiger partial charge in [0.2, 0.25) is 0 Å². The van der Waals surface area contributed by atoms with Crippen molar-refractivity contribution in [1.29, 1.82) is 0 Å². The molecular formula is C15H23NO. The second kappa shape index (κ2) is 6.18. The maximum atomic E-state index is 5.21. The summed E-state index contributed by atoms with van der Waals surface area (Å²) in [6, 6.07) is 9.69. The molecule has 0 bridgehead atoms. The number of rotatable bonds is 7. The Labute approximate surface area is 104 Å². The molecule has 1 aromatic carbocycles. The third-order valence-electron chi connectivity index (χ3n) is 3.45. The average molecular weight is 233 g/mol. The molecule has 1 aromatic rings. The first kappa shape index (κ1) is 12.6. The van der Waals surface area contributed by atoms with Crippen molar-refractivity contribution >= 4 is 0 Å². The van der Waals surface area contributed by atoms with Crippen molar-refractivity contribution < 1.29 is 4.74 Å². The molecule has 0 saturated heterocycles. The molecule has 1 fully saturated rings. The lowest BCUT2D eigenvalue weighted by Gasteiger charge is -2.18. The van der Waals surface area contributed by atoms with E-state index < -0.39 is 0 Å². The number of nitrogens with one attached hydrogen (secondary N) is 1. The first-order chi connectivity index (χ1) is 8.29. The fraction of sp³-hybridized carbons (Fsp3) is 0.600. The van der Waals surface area contributed by atoms with Crippen molar-refractivity contribution in [3.05, 3.63) is 35.4 Å². The average Bonchev–Trinajstić information content (AvgIpc) is 3.15. The summed E-state index contributed by atoms with van der Waals surface area (Å²) in [5.41, 5.74) is 2.76. The van der Waals surface area contributed by atoms with E-state index in [9.17, 15) is 0 Å². The van der Waals surface area contributed by atoms with Crippen LogP contribution in [0, 0.1) is 6.92 Å². The quantitative estimate of drug-likeness (QED) is 0.782. The minimum Gasteiger partial charge on any atom is -0.385 e. The molecule has 0 aliphatic heterocycles. The number of hydrogen-bond donors (Lipinski definition) is 1. The molecule has 2 nitrogen and oxygen atoms in total. The number of hydrogen-bond acceptors (Lipinski definition) is 2. The summed E-state index contributed by atoms with van der Waals surface area (Å²) in [7, 11) is 1.78. The summed E-state index contributed by atoms with van der Waals surface area (Å²) in [4.78, 5) is 0. The van der Waals surface area contributed by atoms with E-state index in [-0.39, 0.29) is 0 Å². The first-order valence-corrected chi connectivity index (χ1v) is 6.58. The molecule has 94 valence electrons. The van der Waals surface area contributed by atoms with Crippen molar-refractivity contribution in [3.8, 4) is 0 Å². The lowest BCUT2D eigenvalue weighted by molar-refractivity contribution is 0.187. The highest BCUT2D eigenvalue weighted by atomic mass is 16.5. The highest BCUT2D eigenvalue weighted by Gasteiger charge is 2.22. The van der Waals surface area contributed by atoms with Gasteiger partial charge in [-0.05, 0) is 37.7 Å². The minimum absolute atomic E-state index is 0.580. The Balaban J connectivity index is 1.93. The molecule has 0 radical (unpaired) electrons. The summed E-state index contributed by atoms with van der Waals surface area (Å²) in [6.07, 6.45) is 3.80. The molecule has 17 heavy (non-hydrogen) atoms. The van der Waals surface area contributed by atoms with Gasteiger partial charge >= 0.3 is 0 Å². The second-order valence-electron chi connectivity index (χ2n) is 5.07. The largest absolute Gasteiger partial charge is 0.385 e. The van der Waals surface area contributed by atoms with Gasteiger partial charge in [-0.2, -0.15) is 0 Å². The van der Waals surface area contributed by atoms with Gasteiger partial charge in [-0.1, -0.05) is 29.8 Å². The predicted molar refractivity (Wildman–Crippen MR) is 71.4 cm³/mol. The number of methoxy groups -OCH3 is 1. The third kappa shape index (κ3) is 4.14. The summed E-state index contributed by atoms with van der Waals surface area (Å²) >= 11 is 0. The third-order valence-corrected chi connectivity index (χ3v) is 3.45. The molecule has 1 aliphatic carbocycles. The Morgan fingerprint density at radius 1 is 1.29 bits per heavy atom. The fourth-order valence-electron chi connectivity index (χ4n) is 2.08. The Morgan fingerprint density at radius 2 is 2.00 bits per heavy atom.